The van der Waals surface area contributed by atoms with Crippen LogP contribution < -0.4 is 10.1 Å². The summed E-state index contributed by atoms with van der Waals surface area (Å²) in [6.45, 7) is 0.673. The fourth-order valence-corrected chi connectivity index (χ4v) is 3.56. The number of amides is 1. The summed E-state index contributed by atoms with van der Waals surface area (Å²) in [4.78, 5) is 11.8. The summed E-state index contributed by atoms with van der Waals surface area (Å²) in [7, 11) is 0. The molecule has 0 radical (unpaired) electrons. The van der Waals surface area contributed by atoms with Crippen molar-refractivity contribution in [1.29, 1.82) is 0 Å². The third kappa shape index (κ3) is 5.60. The fraction of sp³-hybridized carbons (Fsp3) is 0.533. The number of halogens is 2. The molecule has 1 aromatic carbocycles. The maximum Gasteiger partial charge on any atom is 0.257 e. The van der Waals surface area contributed by atoms with Crippen LogP contribution in [0, 0.1) is 5.92 Å². The molecule has 1 aliphatic carbocycles. The van der Waals surface area contributed by atoms with Crippen molar-refractivity contribution < 1.29 is 14.6 Å². The van der Waals surface area contributed by atoms with E-state index in [-0.39, 0.29) is 18.6 Å². The zero-order valence-corrected chi connectivity index (χ0v) is 14.8. The van der Waals surface area contributed by atoms with Crippen molar-refractivity contribution in [2.24, 2.45) is 5.92 Å². The SMILES string of the molecule is O=C(COc1ccc(Br)cc1Br)NCC1CCC(O)CC1. The standard InChI is InChI=1S/C15H19Br2NO3/c16-11-3-6-14(13(17)7-11)21-9-15(20)18-8-10-1-4-12(19)5-2-10/h3,6-7,10,12,19H,1-2,4-5,8-9H2,(H,18,20). The Balaban J connectivity index is 1.70. The molecule has 0 heterocycles. The van der Waals surface area contributed by atoms with Crippen LogP contribution in [0.2, 0.25) is 0 Å². The zero-order valence-electron chi connectivity index (χ0n) is 11.6. The molecule has 21 heavy (non-hydrogen) atoms. The lowest BCUT2D eigenvalue weighted by Gasteiger charge is -2.25. The number of nitrogens with one attached hydrogen (secondary N) is 1. The van der Waals surface area contributed by atoms with E-state index in [2.05, 4.69) is 37.2 Å². The van der Waals surface area contributed by atoms with Crippen LogP contribution >= 0.6 is 31.9 Å². The first kappa shape index (κ1) is 16.8. The van der Waals surface area contributed by atoms with Gasteiger partial charge in [0.05, 0.1) is 10.6 Å². The lowest BCUT2D eigenvalue weighted by Crippen LogP contribution is -2.35. The molecule has 0 aliphatic heterocycles. The number of hydrogen-bond acceptors (Lipinski definition) is 3. The monoisotopic (exact) mass is 419 g/mol. The molecule has 0 unspecified atom stereocenters. The van der Waals surface area contributed by atoms with E-state index >= 15 is 0 Å². The normalized spacial score (nSPS) is 21.9. The third-order valence-corrected chi connectivity index (χ3v) is 4.77. The number of hydrogen-bond donors (Lipinski definition) is 2. The number of carbonyl (C=O) groups excluding carboxylic acids is 1. The number of aliphatic hydroxyl groups excluding tert-OH is 1. The van der Waals surface area contributed by atoms with Crippen molar-refractivity contribution >= 4 is 37.8 Å². The second-order valence-electron chi connectivity index (χ2n) is 5.34. The average molecular weight is 421 g/mol. The number of ether oxygens (including phenoxy) is 1. The van der Waals surface area contributed by atoms with Gasteiger partial charge >= 0.3 is 0 Å². The quantitative estimate of drug-likeness (QED) is 0.768. The third-order valence-electron chi connectivity index (χ3n) is 3.66. The molecule has 1 fully saturated rings. The van der Waals surface area contributed by atoms with Gasteiger partial charge in [-0.2, -0.15) is 0 Å². The van der Waals surface area contributed by atoms with E-state index in [9.17, 15) is 9.90 Å². The molecule has 1 aliphatic rings. The largest absolute Gasteiger partial charge is 0.483 e. The zero-order chi connectivity index (χ0) is 15.2. The van der Waals surface area contributed by atoms with Gasteiger partial charge in [0.1, 0.15) is 5.75 Å². The van der Waals surface area contributed by atoms with E-state index in [0.29, 0.717) is 18.2 Å². The van der Waals surface area contributed by atoms with Gasteiger partial charge in [0.2, 0.25) is 0 Å². The summed E-state index contributed by atoms with van der Waals surface area (Å²) < 4.78 is 7.25. The summed E-state index contributed by atoms with van der Waals surface area (Å²) in [5.74, 6) is 1.00. The molecule has 1 saturated carbocycles. The molecular formula is C15H19Br2NO3. The maximum atomic E-state index is 11.8. The van der Waals surface area contributed by atoms with Gasteiger partial charge in [-0.3, -0.25) is 4.79 Å². The molecule has 0 atom stereocenters. The van der Waals surface area contributed by atoms with Crippen LogP contribution in [-0.2, 0) is 4.79 Å². The summed E-state index contributed by atoms with van der Waals surface area (Å²) in [6.07, 6.45) is 3.46. The molecule has 2 rings (SSSR count). The highest BCUT2D eigenvalue weighted by Crippen LogP contribution is 2.28. The minimum atomic E-state index is -0.157. The molecular weight excluding hydrogens is 402 g/mol. The van der Waals surface area contributed by atoms with Crippen LogP contribution in [0.3, 0.4) is 0 Å². The van der Waals surface area contributed by atoms with Gasteiger partial charge in [-0.1, -0.05) is 15.9 Å². The van der Waals surface area contributed by atoms with Crippen LogP contribution in [0.1, 0.15) is 25.7 Å². The smallest absolute Gasteiger partial charge is 0.257 e. The van der Waals surface area contributed by atoms with Gasteiger partial charge in [-0.05, 0) is 65.7 Å². The van der Waals surface area contributed by atoms with E-state index in [4.69, 9.17) is 4.74 Å². The molecule has 0 spiro atoms. The molecule has 0 aromatic heterocycles. The second kappa shape index (κ2) is 8.15. The number of benzene rings is 1. The predicted octanol–water partition coefficient (Wildman–Crippen LogP) is 3.26. The van der Waals surface area contributed by atoms with Crippen molar-refractivity contribution in [2.75, 3.05) is 13.2 Å². The summed E-state index contributed by atoms with van der Waals surface area (Å²) in [5, 5.41) is 12.3. The van der Waals surface area contributed by atoms with Gasteiger partial charge in [0.15, 0.2) is 6.61 Å². The van der Waals surface area contributed by atoms with Gasteiger partial charge < -0.3 is 15.2 Å². The first-order chi connectivity index (χ1) is 10.0. The van der Waals surface area contributed by atoms with Crippen molar-refractivity contribution in [3.63, 3.8) is 0 Å². The highest BCUT2D eigenvalue weighted by molar-refractivity contribution is 9.11. The Hall–Kier alpha value is -0.590. The van der Waals surface area contributed by atoms with Crippen LogP contribution in [0.4, 0.5) is 0 Å². The van der Waals surface area contributed by atoms with E-state index in [0.717, 1.165) is 34.6 Å². The topological polar surface area (TPSA) is 58.6 Å². The van der Waals surface area contributed by atoms with Crippen molar-refractivity contribution in [2.45, 2.75) is 31.8 Å². The van der Waals surface area contributed by atoms with E-state index in [1.807, 2.05) is 18.2 Å². The Morgan fingerprint density at radius 3 is 2.67 bits per heavy atom. The minimum absolute atomic E-state index is 0.00950. The Morgan fingerprint density at radius 1 is 1.29 bits per heavy atom. The van der Waals surface area contributed by atoms with Gasteiger partial charge in [0.25, 0.3) is 5.91 Å². The Kier molecular flexibility index (Phi) is 6.51. The van der Waals surface area contributed by atoms with Crippen molar-refractivity contribution in [3.05, 3.63) is 27.1 Å². The molecule has 0 saturated heterocycles. The first-order valence-electron chi connectivity index (χ1n) is 7.07. The lowest BCUT2D eigenvalue weighted by molar-refractivity contribution is -0.123. The second-order valence-corrected chi connectivity index (χ2v) is 7.11. The van der Waals surface area contributed by atoms with E-state index < -0.39 is 0 Å². The van der Waals surface area contributed by atoms with Crippen LogP contribution in [0.15, 0.2) is 27.1 Å². The fourth-order valence-electron chi connectivity index (χ4n) is 2.39. The van der Waals surface area contributed by atoms with Gasteiger partial charge in [0, 0.05) is 11.0 Å². The number of aliphatic hydroxyl groups is 1. The summed E-state index contributed by atoms with van der Waals surface area (Å²) in [6, 6.07) is 5.55. The molecule has 6 heteroatoms. The summed E-state index contributed by atoms with van der Waals surface area (Å²) >= 11 is 6.76. The Bertz CT molecular complexity index is 488. The van der Waals surface area contributed by atoms with Crippen molar-refractivity contribution in [1.82, 2.24) is 5.32 Å². The van der Waals surface area contributed by atoms with E-state index in [1.165, 1.54) is 0 Å². The average Bonchev–Trinajstić information content (AvgIpc) is 2.46. The lowest BCUT2D eigenvalue weighted by atomic mass is 9.87. The van der Waals surface area contributed by atoms with E-state index in [1.54, 1.807) is 0 Å². The highest BCUT2D eigenvalue weighted by Gasteiger charge is 2.19. The number of carbonyl (C=O) groups is 1. The van der Waals surface area contributed by atoms with Crippen LogP contribution in [0.25, 0.3) is 0 Å². The first-order valence-corrected chi connectivity index (χ1v) is 8.66. The maximum absolute atomic E-state index is 11.8. The molecule has 1 aromatic rings. The van der Waals surface area contributed by atoms with Gasteiger partial charge in [-0.25, -0.2) is 0 Å². The molecule has 1 amide bonds. The highest BCUT2D eigenvalue weighted by atomic mass is 79.9. The molecule has 116 valence electrons. The number of rotatable bonds is 5. The molecule has 2 N–H and O–H groups in total. The molecule has 0 bridgehead atoms. The minimum Gasteiger partial charge on any atom is -0.483 e. The predicted molar refractivity (Wildman–Crippen MR) is 88.3 cm³/mol. The Morgan fingerprint density at radius 2 is 2.00 bits per heavy atom. The Labute approximate surface area is 141 Å². The van der Waals surface area contributed by atoms with Crippen LogP contribution in [0.5, 0.6) is 5.75 Å². The van der Waals surface area contributed by atoms with Gasteiger partial charge in [-0.15, -0.1) is 0 Å². The molecule has 4 nitrogen and oxygen atoms in total. The summed E-state index contributed by atoms with van der Waals surface area (Å²) in [5.41, 5.74) is 0. The van der Waals surface area contributed by atoms with Crippen molar-refractivity contribution in [3.8, 4) is 5.75 Å². The van der Waals surface area contributed by atoms with Crippen LogP contribution in [-0.4, -0.2) is 30.3 Å².